The molecule has 1 aromatic rings. The Kier molecular flexibility index (Phi) is 4.16. The Labute approximate surface area is 100 Å². The summed E-state index contributed by atoms with van der Waals surface area (Å²) in [5, 5.41) is 19.9. The molecule has 0 saturated heterocycles. The second kappa shape index (κ2) is 5.39. The van der Waals surface area contributed by atoms with Gasteiger partial charge in [-0.1, -0.05) is 0 Å². The third kappa shape index (κ3) is 3.52. The predicted octanol–water partition coefficient (Wildman–Crippen LogP) is 0.913. The first kappa shape index (κ1) is 13.1. The van der Waals surface area contributed by atoms with Gasteiger partial charge in [0.25, 0.3) is 5.69 Å². The van der Waals surface area contributed by atoms with E-state index >= 15 is 0 Å². The van der Waals surface area contributed by atoms with Crippen LogP contribution in [0.15, 0.2) is 27.5 Å². The summed E-state index contributed by atoms with van der Waals surface area (Å²) in [6.07, 6.45) is 1.33. The van der Waals surface area contributed by atoms with Gasteiger partial charge in [0.1, 0.15) is 17.0 Å². The number of rotatable bonds is 4. The van der Waals surface area contributed by atoms with E-state index in [0.717, 1.165) is 12.1 Å². The molecule has 0 aliphatic rings. The lowest BCUT2D eigenvalue weighted by Crippen LogP contribution is -2.08. The molecule has 1 atom stereocenters. The third-order valence-corrected chi connectivity index (χ3v) is 2.72. The van der Waals surface area contributed by atoms with Gasteiger partial charge in [-0.3, -0.25) is 10.1 Å². The molecule has 0 saturated carbocycles. The second-order valence-corrected chi connectivity index (χ2v) is 4.49. The second-order valence-electron chi connectivity index (χ2n) is 3.34. The molecule has 1 aromatic carbocycles. The molecule has 0 aliphatic heterocycles. The molecule has 0 heterocycles. The van der Waals surface area contributed by atoms with Crippen LogP contribution in [0.1, 0.15) is 0 Å². The van der Waals surface area contributed by atoms with Gasteiger partial charge >= 0.3 is 0 Å². The third-order valence-electron chi connectivity index (χ3n) is 1.72. The van der Waals surface area contributed by atoms with Crippen molar-refractivity contribution < 1.29 is 14.2 Å². The summed E-state index contributed by atoms with van der Waals surface area (Å²) < 4.78 is 15.3. The predicted molar refractivity (Wildman–Crippen MR) is 63.3 cm³/mol. The first-order chi connectivity index (χ1) is 7.91. The number of aromatic hydroxyl groups is 1. The topological polar surface area (TPSA) is 96.0 Å². The van der Waals surface area contributed by atoms with Gasteiger partial charge < -0.3 is 10.0 Å². The van der Waals surface area contributed by atoms with Gasteiger partial charge in [0.2, 0.25) is 0 Å². The van der Waals surface area contributed by atoms with Gasteiger partial charge in [-0.2, -0.15) is 4.40 Å². The molecule has 1 rings (SSSR count). The highest BCUT2D eigenvalue weighted by atomic mass is 32.2. The maximum atomic E-state index is 11.6. The standard InChI is InChI=1S/C9H11N3O4S/c1-11(2)6-10-17(16)9-4-3-7(12(14)15)5-8(9)13/h3-6,13H,1-2H3/b10-6-. The Morgan fingerprint density at radius 3 is 2.65 bits per heavy atom. The molecule has 0 amide bonds. The summed E-state index contributed by atoms with van der Waals surface area (Å²) in [4.78, 5) is 11.4. The van der Waals surface area contributed by atoms with Crippen molar-refractivity contribution >= 4 is 23.0 Å². The van der Waals surface area contributed by atoms with Crippen molar-refractivity contribution in [1.82, 2.24) is 4.90 Å². The van der Waals surface area contributed by atoms with Gasteiger partial charge in [-0.25, -0.2) is 4.21 Å². The van der Waals surface area contributed by atoms with Crippen molar-refractivity contribution in [3.05, 3.63) is 28.3 Å². The summed E-state index contributed by atoms with van der Waals surface area (Å²) in [6, 6.07) is 3.33. The molecule has 0 radical (unpaired) electrons. The summed E-state index contributed by atoms with van der Waals surface area (Å²) in [5.74, 6) is -0.409. The number of phenols is 1. The van der Waals surface area contributed by atoms with E-state index in [1.807, 2.05) is 0 Å². The number of nitro benzene ring substituents is 1. The number of hydrogen-bond acceptors (Lipinski definition) is 4. The number of nitrogens with zero attached hydrogens (tertiary/aromatic N) is 3. The molecule has 17 heavy (non-hydrogen) atoms. The summed E-state index contributed by atoms with van der Waals surface area (Å²) in [5.41, 5.74) is -0.264. The quantitative estimate of drug-likeness (QED) is 0.374. The molecular formula is C9H11N3O4S. The number of hydrogen-bond donors (Lipinski definition) is 1. The van der Waals surface area contributed by atoms with Gasteiger partial charge in [-0.15, -0.1) is 0 Å². The minimum Gasteiger partial charge on any atom is -0.506 e. The van der Waals surface area contributed by atoms with Gasteiger partial charge in [0, 0.05) is 20.2 Å². The van der Waals surface area contributed by atoms with E-state index in [-0.39, 0.29) is 10.6 Å². The summed E-state index contributed by atoms with van der Waals surface area (Å²) >= 11 is 0. The lowest BCUT2D eigenvalue weighted by molar-refractivity contribution is -0.385. The monoisotopic (exact) mass is 257 g/mol. The molecular weight excluding hydrogens is 246 g/mol. The molecule has 1 unspecified atom stereocenters. The SMILES string of the molecule is CN(C)/C=N\S(=O)c1ccc([N+](=O)[O-])cc1O. The molecule has 0 fully saturated rings. The van der Waals surface area contributed by atoms with Crippen molar-refractivity contribution in [1.29, 1.82) is 0 Å². The highest BCUT2D eigenvalue weighted by Gasteiger charge is 2.13. The first-order valence-electron chi connectivity index (χ1n) is 4.51. The molecule has 0 aromatic heterocycles. The van der Waals surface area contributed by atoms with E-state index in [4.69, 9.17) is 0 Å². The molecule has 8 heteroatoms. The average molecular weight is 257 g/mol. The Morgan fingerprint density at radius 2 is 2.18 bits per heavy atom. The van der Waals surface area contributed by atoms with Crippen LogP contribution >= 0.6 is 0 Å². The number of nitro groups is 1. The minimum absolute atomic E-state index is 0.0358. The Hall–Kier alpha value is -1.96. The van der Waals surface area contributed by atoms with Crippen molar-refractivity contribution in [2.45, 2.75) is 4.90 Å². The van der Waals surface area contributed by atoms with Crippen molar-refractivity contribution in [2.24, 2.45) is 4.40 Å². The fraction of sp³-hybridized carbons (Fsp3) is 0.222. The molecule has 0 bridgehead atoms. The smallest absolute Gasteiger partial charge is 0.273 e. The van der Waals surface area contributed by atoms with Crippen molar-refractivity contribution in [2.75, 3.05) is 14.1 Å². The zero-order valence-electron chi connectivity index (χ0n) is 9.23. The summed E-state index contributed by atoms with van der Waals surface area (Å²) in [7, 11) is 1.63. The highest BCUT2D eigenvalue weighted by molar-refractivity contribution is 7.84. The van der Waals surface area contributed by atoms with Crippen LogP contribution in [0.3, 0.4) is 0 Å². The van der Waals surface area contributed by atoms with Crippen LogP contribution < -0.4 is 0 Å². The Morgan fingerprint density at radius 1 is 1.53 bits per heavy atom. The van der Waals surface area contributed by atoms with Gasteiger partial charge in [-0.05, 0) is 6.07 Å². The lowest BCUT2D eigenvalue weighted by atomic mass is 10.3. The molecule has 0 aliphatic carbocycles. The van der Waals surface area contributed by atoms with Gasteiger partial charge in [0.15, 0.2) is 11.0 Å². The van der Waals surface area contributed by atoms with Gasteiger partial charge in [0.05, 0.1) is 11.0 Å². The van der Waals surface area contributed by atoms with Crippen LogP contribution in [0.4, 0.5) is 5.69 Å². The van der Waals surface area contributed by atoms with Crippen LogP contribution in [0.2, 0.25) is 0 Å². The number of non-ortho nitro benzene ring substituents is 1. The normalized spacial score (nSPS) is 12.6. The maximum absolute atomic E-state index is 11.6. The van der Waals surface area contributed by atoms with Crippen LogP contribution in [-0.4, -0.2) is 39.6 Å². The molecule has 7 nitrogen and oxygen atoms in total. The minimum atomic E-state index is -1.78. The van der Waals surface area contributed by atoms with Crippen LogP contribution in [0.25, 0.3) is 0 Å². The molecule has 0 spiro atoms. The summed E-state index contributed by atoms with van der Waals surface area (Å²) in [6.45, 7) is 0. The zero-order chi connectivity index (χ0) is 13.0. The first-order valence-corrected chi connectivity index (χ1v) is 5.62. The van der Waals surface area contributed by atoms with Crippen LogP contribution in [-0.2, 0) is 11.0 Å². The van der Waals surface area contributed by atoms with E-state index in [0.29, 0.717) is 0 Å². The fourth-order valence-corrected chi connectivity index (χ4v) is 1.77. The van der Waals surface area contributed by atoms with E-state index in [1.165, 1.54) is 12.4 Å². The van der Waals surface area contributed by atoms with Crippen LogP contribution in [0.5, 0.6) is 5.75 Å². The highest BCUT2D eigenvalue weighted by Crippen LogP contribution is 2.26. The Bertz CT molecular complexity index is 487. The van der Waals surface area contributed by atoms with Crippen molar-refractivity contribution in [3.63, 3.8) is 0 Å². The maximum Gasteiger partial charge on any atom is 0.273 e. The van der Waals surface area contributed by atoms with Crippen LogP contribution in [0, 0.1) is 10.1 Å². The lowest BCUT2D eigenvalue weighted by Gasteiger charge is -2.03. The average Bonchev–Trinajstić information content (AvgIpc) is 2.25. The molecule has 92 valence electrons. The number of benzene rings is 1. The largest absolute Gasteiger partial charge is 0.506 e. The van der Waals surface area contributed by atoms with Crippen molar-refractivity contribution in [3.8, 4) is 5.75 Å². The zero-order valence-corrected chi connectivity index (χ0v) is 10.0. The Balaban J connectivity index is 3.00. The molecule has 1 N–H and O–H groups in total. The van der Waals surface area contributed by atoms with E-state index in [1.54, 1.807) is 19.0 Å². The van der Waals surface area contributed by atoms with E-state index in [2.05, 4.69) is 4.40 Å². The van der Waals surface area contributed by atoms with E-state index < -0.39 is 21.7 Å². The van der Waals surface area contributed by atoms with E-state index in [9.17, 15) is 19.4 Å². The fourth-order valence-electron chi connectivity index (χ4n) is 0.961. The number of phenolic OH excluding ortho intramolecular Hbond substituents is 1.